The Morgan fingerprint density at radius 2 is 0.684 bits per heavy atom. The number of aromatic hydroxyl groups is 3. The van der Waals surface area contributed by atoms with Crippen molar-refractivity contribution in [3.8, 4) is 17.2 Å². The van der Waals surface area contributed by atoms with Crippen LogP contribution in [0.2, 0.25) is 0 Å². The minimum atomic E-state index is -0.246. The van der Waals surface area contributed by atoms with E-state index in [9.17, 15) is 15.3 Å². The van der Waals surface area contributed by atoms with Crippen molar-refractivity contribution in [1.29, 1.82) is 0 Å². The molecule has 0 aliphatic heterocycles. The Kier molecular flexibility index (Phi) is 7.53. The van der Waals surface area contributed by atoms with Gasteiger partial charge in [0.25, 0.3) is 0 Å². The van der Waals surface area contributed by atoms with Crippen molar-refractivity contribution >= 4 is 0 Å². The number of hydrogen-bond donors (Lipinski definition) is 3. The van der Waals surface area contributed by atoms with E-state index in [1.807, 2.05) is 36.4 Å². The molecule has 3 aromatic carbocycles. The van der Waals surface area contributed by atoms with Crippen LogP contribution in [0.25, 0.3) is 0 Å². The van der Waals surface area contributed by atoms with Crippen LogP contribution < -0.4 is 0 Å². The van der Waals surface area contributed by atoms with Gasteiger partial charge in [-0.25, -0.2) is 0 Å². The first kappa shape index (κ1) is 29.6. The van der Waals surface area contributed by atoms with Crippen LogP contribution in [0.3, 0.4) is 0 Å². The first-order chi connectivity index (χ1) is 17.1. The lowest BCUT2D eigenvalue weighted by molar-refractivity contribution is 0.460. The van der Waals surface area contributed by atoms with E-state index in [1.165, 1.54) is 11.1 Å². The van der Waals surface area contributed by atoms with Gasteiger partial charge in [0.15, 0.2) is 0 Å². The molecule has 3 nitrogen and oxygen atoms in total. The summed E-state index contributed by atoms with van der Waals surface area (Å²) < 4.78 is 0. The van der Waals surface area contributed by atoms with E-state index in [1.54, 1.807) is 12.1 Å². The quantitative estimate of drug-likeness (QED) is 0.304. The van der Waals surface area contributed by atoms with E-state index in [2.05, 4.69) is 83.1 Å². The summed E-state index contributed by atoms with van der Waals surface area (Å²) in [6, 6.07) is 15.2. The molecule has 0 fully saturated rings. The van der Waals surface area contributed by atoms with Gasteiger partial charge >= 0.3 is 0 Å². The first-order valence-electron chi connectivity index (χ1n) is 13.7. The predicted octanol–water partition coefficient (Wildman–Crippen LogP) is 9.17. The van der Waals surface area contributed by atoms with Crippen molar-refractivity contribution in [3.05, 3.63) is 87.5 Å². The zero-order chi connectivity index (χ0) is 29.0. The first-order valence-corrected chi connectivity index (χ1v) is 13.7. The molecule has 0 heterocycles. The molecule has 0 amide bonds. The van der Waals surface area contributed by atoms with E-state index in [0.717, 1.165) is 27.8 Å². The molecule has 0 aliphatic carbocycles. The Labute approximate surface area is 230 Å². The van der Waals surface area contributed by atoms with E-state index in [-0.39, 0.29) is 44.8 Å². The normalized spacial score (nSPS) is 13.3. The van der Waals surface area contributed by atoms with Crippen molar-refractivity contribution in [3.63, 3.8) is 0 Å². The molecular formula is C35H48O3. The van der Waals surface area contributed by atoms with E-state index in [4.69, 9.17) is 0 Å². The Balaban J connectivity index is 2.71. The van der Waals surface area contributed by atoms with Crippen LogP contribution in [-0.4, -0.2) is 15.3 Å². The summed E-state index contributed by atoms with van der Waals surface area (Å²) in [7, 11) is 0. The van der Waals surface area contributed by atoms with Crippen LogP contribution in [0.15, 0.2) is 48.5 Å². The molecule has 0 radical (unpaired) electrons. The van der Waals surface area contributed by atoms with Crippen molar-refractivity contribution < 1.29 is 15.3 Å². The predicted molar refractivity (Wildman–Crippen MR) is 160 cm³/mol. The number of phenolic OH excluding ortho intramolecular Hbond substituents is 3. The van der Waals surface area contributed by atoms with Gasteiger partial charge in [0.05, 0.1) is 0 Å². The summed E-state index contributed by atoms with van der Waals surface area (Å²) in [5, 5.41) is 32.1. The van der Waals surface area contributed by atoms with Crippen LogP contribution in [-0.2, 0) is 21.7 Å². The molecule has 38 heavy (non-hydrogen) atoms. The number of rotatable bonds is 3. The monoisotopic (exact) mass is 516 g/mol. The van der Waals surface area contributed by atoms with Crippen molar-refractivity contribution in [2.75, 3.05) is 0 Å². The average molecular weight is 517 g/mol. The van der Waals surface area contributed by atoms with E-state index < -0.39 is 0 Å². The zero-order valence-electron chi connectivity index (χ0n) is 25.5. The average Bonchev–Trinajstić information content (AvgIpc) is 2.73. The largest absolute Gasteiger partial charge is 0.508 e. The molecule has 3 N–H and O–H groups in total. The SMILES string of the molecule is CC(C)(C)c1cc(O)cc(C(C)(C)C)c1C(c1ccc(O)cc1)c1c(C(C)(C)C)cc(O)cc1C(C)(C)C. The fraction of sp³-hybridized carbons (Fsp3) is 0.486. The topological polar surface area (TPSA) is 60.7 Å². The smallest absolute Gasteiger partial charge is 0.116 e. The Morgan fingerprint density at radius 3 is 0.921 bits per heavy atom. The van der Waals surface area contributed by atoms with Gasteiger partial charge in [0, 0.05) is 5.92 Å². The van der Waals surface area contributed by atoms with Gasteiger partial charge in [0.1, 0.15) is 17.2 Å². The van der Waals surface area contributed by atoms with E-state index in [0.29, 0.717) is 0 Å². The Bertz CT molecular complexity index is 1150. The lowest BCUT2D eigenvalue weighted by Gasteiger charge is -2.39. The minimum absolute atomic E-state index is 0.191. The highest BCUT2D eigenvalue weighted by Gasteiger charge is 2.37. The van der Waals surface area contributed by atoms with Gasteiger partial charge in [-0.1, -0.05) is 95.2 Å². The number of hydrogen-bond acceptors (Lipinski definition) is 3. The Hall–Kier alpha value is -2.94. The molecule has 0 saturated heterocycles. The number of phenols is 3. The summed E-state index contributed by atoms with van der Waals surface area (Å²) >= 11 is 0. The lowest BCUT2D eigenvalue weighted by Crippen LogP contribution is -2.28. The highest BCUT2D eigenvalue weighted by atomic mass is 16.3. The summed E-state index contributed by atoms with van der Waals surface area (Å²) in [4.78, 5) is 0. The van der Waals surface area contributed by atoms with Crippen LogP contribution in [0.5, 0.6) is 17.2 Å². The standard InChI is InChI=1S/C35H48O3/c1-32(2,3)25-17-23(37)18-26(33(4,5)6)30(25)29(21-13-15-22(36)16-14-21)31-27(34(7,8)9)19-24(38)20-28(31)35(10,11)12/h13-20,29,36-38H,1-12H3. The van der Waals surface area contributed by atoms with Gasteiger partial charge in [-0.2, -0.15) is 0 Å². The van der Waals surface area contributed by atoms with Crippen molar-refractivity contribution in [2.24, 2.45) is 0 Å². The second kappa shape index (κ2) is 9.67. The maximum atomic E-state index is 10.9. The summed E-state index contributed by atoms with van der Waals surface area (Å²) in [5.41, 5.74) is 6.79. The molecule has 0 atom stereocenters. The van der Waals surface area contributed by atoms with Gasteiger partial charge in [0.2, 0.25) is 0 Å². The molecule has 0 aromatic heterocycles. The van der Waals surface area contributed by atoms with Crippen LogP contribution >= 0.6 is 0 Å². The molecule has 0 unspecified atom stereocenters. The molecule has 0 aliphatic rings. The fourth-order valence-electron chi connectivity index (χ4n) is 5.52. The lowest BCUT2D eigenvalue weighted by atomic mass is 9.65. The molecule has 0 saturated carbocycles. The summed E-state index contributed by atoms with van der Waals surface area (Å²) in [6.45, 7) is 26.3. The Morgan fingerprint density at radius 1 is 0.421 bits per heavy atom. The molecule has 3 aromatic rings. The van der Waals surface area contributed by atoms with Gasteiger partial charge < -0.3 is 15.3 Å². The molecule has 206 valence electrons. The highest BCUT2D eigenvalue weighted by molar-refractivity contribution is 5.61. The highest BCUT2D eigenvalue weighted by Crippen LogP contribution is 2.50. The van der Waals surface area contributed by atoms with Crippen LogP contribution in [0, 0.1) is 0 Å². The van der Waals surface area contributed by atoms with Crippen molar-refractivity contribution in [2.45, 2.75) is 111 Å². The molecular weight excluding hydrogens is 468 g/mol. The maximum Gasteiger partial charge on any atom is 0.116 e. The minimum Gasteiger partial charge on any atom is -0.508 e. The van der Waals surface area contributed by atoms with Crippen LogP contribution in [0.1, 0.15) is 128 Å². The third-order valence-corrected chi connectivity index (χ3v) is 7.37. The third-order valence-electron chi connectivity index (χ3n) is 7.37. The molecule has 3 rings (SSSR count). The summed E-state index contributed by atoms with van der Waals surface area (Å²) in [5.74, 6) is 0.573. The van der Waals surface area contributed by atoms with Crippen molar-refractivity contribution in [1.82, 2.24) is 0 Å². The molecule has 3 heteroatoms. The van der Waals surface area contributed by atoms with E-state index >= 15 is 0 Å². The second-order valence-electron chi connectivity index (χ2n) is 14.9. The maximum absolute atomic E-state index is 10.9. The third kappa shape index (κ3) is 6.03. The van der Waals surface area contributed by atoms with Gasteiger partial charge in [-0.3, -0.25) is 0 Å². The van der Waals surface area contributed by atoms with Gasteiger partial charge in [-0.05, 0) is 97.0 Å². The molecule has 0 bridgehead atoms. The van der Waals surface area contributed by atoms with Crippen LogP contribution in [0.4, 0.5) is 0 Å². The fourth-order valence-corrected chi connectivity index (χ4v) is 5.52. The van der Waals surface area contributed by atoms with Gasteiger partial charge in [-0.15, -0.1) is 0 Å². The molecule has 0 spiro atoms. The zero-order valence-corrected chi connectivity index (χ0v) is 25.5. The number of benzene rings is 3. The second-order valence-corrected chi connectivity index (χ2v) is 14.9. The summed E-state index contributed by atoms with van der Waals surface area (Å²) in [6.07, 6.45) is 0.